The zero-order valence-corrected chi connectivity index (χ0v) is 42.3. The average molecular weight is 1050 g/mol. The van der Waals surface area contributed by atoms with E-state index in [4.69, 9.17) is 33.2 Å². The highest BCUT2D eigenvalue weighted by Crippen LogP contribution is 2.79. The molecule has 4 heterocycles. The van der Waals surface area contributed by atoms with E-state index in [1.165, 1.54) is 6.92 Å². The van der Waals surface area contributed by atoms with E-state index in [1.807, 2.05) is 6.92 Å². The van der Waals surface area contributed by atoms with Crippen LogP contribution in [0.3, 0.4) is 0 Å². The number of aliphatic hydroxyl groups is 10. The fraction of sp³-hybridized carbons (Fsp3) is 0.938. The molecular formula is C48H76O23S. The van der Waals surface area contributed by atoms with Crippen molar-refractivity contribution in [3.8, 4) is 0 Å². The maximum Gasteiger partial charge on any atom is 0.397 e. The minimum Gasteiger partial charge on any atom is -0.481 e. The van der Waals surface area contributed by atoms with Gasteiger partial charge in [0.15, 0.2) is 18.9 Å². The van der Waals surface area contributed by atoms with Crippen LogP contribution >= 0.6 is 0 Å². The molecule has 72 heavy (non-hydrogen) atoms. The molecule has 4 saturated heterocycles. The Morgan fingerprint density at radius 2 is 1.33 bits per heavy atom. The Bertz CT molecular complexity index is 2170. The van der Waals surface area contributed by atoms with Crippen LogP contribution < -0.4 is 0 Å². The van der Waals surface area contributed by atoms with Crippen molar-refractivity contribution in [1.82, 2.24) is 0 Å². The van der Waals surface area contributed by atoms with Gasteiger partial charge >= 0.3 is 16.4 Å². The molecule has 5 aliphatic carbocycles. The Hall–Kier alpha value is -1.60. The number of carbonyl (C=O) groups is 1. The minimum atomic E-state index is -5.25. The normalized spacial score (nSPS) is 56.3. The lowest BCUT2D eigenvalue weighted by atomic mass is 9.32. The van der Waals surface area contributed by atoms with Gasteiger partial charge in [-0.3, -0.25) is 9.35 Å². The van der Waals surface area contributed by atoms with Crippen molar-refractivity contribution in [3.05, 3.63) is 12.2 Å². The number of ether oxygens (including phenoxy) is 7. The maximum atomic E-state index is 12.7. The molecule has 0 aromatic carbocycles. The summed E-state index contributed by atoms with van der Waals surface area (Å²) >= 11 is 0. The molecule has 9 aliphatic rings. The van der Waals surface area contributed by atoms with E-state index < -0.39 is 172 Å². The van der Waals surface area contributed by atoms with Crippen LogP contribution in [0, 0.1) is 50.2 Å². The minimum absolute atomic E-state index is 0.104. The molecule has 4 aliphatic heterocycles. The zero-order chi connectivity index (χ0) is 52.7. The number of carboxylic acids is 1. The lowest BCUT2D eigenvalue weighted by Gasteiger charge is -2.73. The summed E-state index contributed by atoms with van der Waals surface area (Å²) in [5.41, 5.74) is -4.96. The Balaban J connectivity index is 1.03. The predicted molar refractivity (Wildman–Crippen MR) is 242 cm³/mol. The number of rotatable bonds is 12. The largest absolute Gasteiger partial charge is 0.481 e. The van der Waals surface area contributed by atoms with Gasteiger partial charge in [-0.25, -0.2) is 4.18 Å². The highest BCUT2D eigenvalue weighted by atomic mass is 32.3. The third kappa shape index (κ3) is 8.06. The standard InChI is InChI=1S/C48H76O23S/c1-21-29(53)36(69-39-34(58)32(56)35(23(18-50)67-39)71-72(61,62)63)37(70-38-33(57)31(55)30(54)22(17-49)66-38)40(65-21)68-28-9-10-43(3)24(44(28,4)19-51)7-11-45(5)25(43)8-12-48-26-15-42(2,41(59)60)13-14-47(26,20-64-48)27(52)16-46(45,48)6/h8,12,21-40,49-58H,7,9-11,13-20H2,1-6H3,(H,59,60)(H,61,62,63)/t21-,22-,23-,24-,25-,26-,27+,28+,29+,30-,31+,32-,33-,34-,35-,36+,37-,38+,39+,40+,42-,43+,44+,45-,46+,47-,48-/m1/s1. The molecular weight excluding hydrogens is 977 g/mol. The van der Waals surface area contributed by atoms with Crippen LogP contribution in [0.1, 0.15) is 92.9 Å². The van der Waals surface area contributed by atoms with Crippen molar-refractivity contribution in [2.75, 3.05) is 26.4 Å². The topological polar surface area (TPSA) is 368 Å². The van der Waals surface area contributed by atoms with Crippen LogP contribution in [0.4, 0.5) is 0 Å². The number of fused-ring (bicyclic) bond motifs is 4. The molecule has 0 unspecified atom stereocenters. The Labute approximate surface area is 418 Å². The van der Waals surface area contributed by atoms with Gasteiger partial charge in [0.1, 0.15) is 67.1 Å². The third-order valence-electron chi connectivity index (χ3n) is 20.5. The maximum absolute atomic E-state index is 12.7. The number of allylic oxidation sites excluding steroid dienone is 1. The van der Waals surface area contributed by atoms with Crippen LogP contribution in [0.2, 0.25) is 0 Å². The first-order valence-corrected chi connectivity index (χ1v) is 26.7. The van der Waals surface area contributed by atoms with Crippen LogP contribution in [0.25, 0.3) is 0 Å². The second-order valence-electron chi connectivity index (χ2n) is 24.0. The number of carboxylic acid groups (broad SMARTS) is 1. The molecule has 8 fully saturated rings. The highest BCUT2D eigenvalue weighted by Gasteiger charge is 2.79. The SMILES string of the molecule is C[C@H]1O[C@@H](O[C@H]2CC[C@@]3(C)[C@@H](CC[C@]4(C)[C@@H]3C=C[C@@]35OC[C@@]6(CC[C@@](C)(C(=O)O)C[C@H]63)[C@@H](O)C[C@@]45C)[C@]2(C)CO)[C@H](O[C@@H]2O[C@H](CO)[C@@H](O)[C@H](O)[C@H]2O)[C@@H](O[C@@H]2O[C@H](CO)[C@@H](OS(=O)(=O)O)[C@H](O)[C@H]2O)[C@H]1O. The van der Waals surface area contributed by atoms with E-state index in [2.05, 4.69) is 37.1 Å². The molecule has 24 heteroatoms. The first-order valence-electron chi connectivity index (χ1n) is 25.3. The molecule has 0 radical (unpaired) electrons. The number of hydrogen-bond acceptors (Lipinski definition) is 21. The van der Waals surface area contributed by atoms with Gasteiger partial charge in [-0.15, -0.1) is 0 Å². The molecule has 1 spiro atoms. The Morgan fingerprint density at radius 3 is 1.96 bits per heavy atom. The Morgan fingerprint density at radius 1 is 0.694 bits per heavy atom. The highest BCUT2D eigenvalue weighted by molar-refractivity contribution is 7.80. The van der Waals surface area contributed by atoms with Crippen molar-refractivity contribution < 1.29 is 111 Å². The molecule has 0 amide bonds. The summed E-state index contributed by atoms with van der Waals surface area (Å²) in [7, 11) is -5.25. The lowest BCUT2D eigenvalue weighted by Crippen LogP contribution is -2.73. The summed E-state index contributed by atoms with van der Waals surface area (Å²) in [4.78, 5) is 12.7. The predicted octanol–water partition coefficient (Wildman–Crippen LogP) is -1.51. The van der Waals surface area contributed by atoms with E-state index in [9.17, 15) is 73.9 Å². The molecule has 4 saturated carbocycles. The van der Waals surface area contributed by atoms with E-state index in [1.54, 1.807) is 6.92 Å². The van der Waals surface area contributed by atoms with E-state index in [-0.39, 0.29) is 24.4 Å². The molecule has 2 bridgehead atoms. The van der Waals surface area contributed by atoms with Crippen molar-refractivity contribution in [2.24, 2.45) is 50.2 Å². The average Bonchev–Trinajstić information content (AvgIpc) is 3.60. The molecule has 412 valence electrons. The van der Waals surface area contributed by atoms with Gasteiger partial charge in [-0.05, 0) is 87.9 Å². The summed E-state index contributed by atoms with van der Waals surface area (Å²) in [5, 5.41) is 121. The summed E-state index contributed by atoms with van der Waals surface area (Å²) in [6.45, 7) is 9.99. The van der Waals surface area contributed by atoms with Crippen molar-refractivity contribution >= 4 is 16.4 Å². The first kappa shape index (κ1) is 55.2. The quantitative estimate of drug-likeness (QED) is 0.0601. The number of aliphatic hydroxyl groups excluding tert-OH is 10. The monoisotopic (exact) mass is 1050 g/mol. The van der Waals surface area contributed by atoms with Crippen LogP contribution in [-0.4, -0.2) is 211 Å². The van der Waals surface area contributed by atoms with Gasteiger partial charge in [0, 0.05) is 22.2 Å². The van der Waals surface area contributed by atoms with Crippen molar-refractivity contribution in [3.63, 3.8) is 0 Å². The van der Waals surface area contributed by atoms with Gasteiger partial charge in [0.05, 0.1) is 55.8 Å². The van der Waals surface area contributed by atoms with Crippen molar-refractivity contribution in [1.29, 1.82) is 0 Å². The van der Waals surface area contributed by atoms with E-state index in [0.29, 0.717) is 58.0 Å². The van der Waals surface area contributed by atoms with E-state index >= 15 is 0 Å². The van der Waals surface area contributed by atoms with Crippen LogP contribution in [0.5, 0.6) is 0 Å². The second kappa shape index (κ2) is 18.8. The smallest absolute Gasteiger partial charge is 0.397 e. The molecule has 9 rings (SSSR count). The lowest BCUT2D eigenvalue weighted by molar-refractivity contribution is -0.397. The van der Waals surface area contributed by atoms with Crippen LogP contribution in [0.15, 0.2) is 12.2 Å². The second-order valence-corrected chi connectivity index (χ2v) is 25.0. The summed E-state index contributed by atoms with van der Waals surface area (Å²) in [6.07, 6.45) is -20.2. The fourth-order valence-electron chi connectivity index (χ4n) is 16.0. The third-order valence-corrected chi connectivity index (χ3v) is 21.0. The van der Waals surface area contributed by atoms with Gasteiger partial charge in [-0.1, -0.05) is 39.8 Å². The van der Waals surface area contributed by atoms with Crippen LogP contribution in [-0.2, 0) is 52.5 Å². The molecule has 0 aromatic rings. The summed E-state index contributed by atoms with van der Waals surface area (Å²) in [5.74, 6) is -1.41. The van der Waals surface area contributed by atoms with Gasteiger partial charge in [-0.2, -0.15) is 8.42 Å². The summed E-state index contributed by atoms with van der Waals surface area (Å²) < 4.78 is 81.1. The number of aliphatic carboxylic acids is 1. The van der Waals surface area contributed by atoms with Gasteiger partial charge in [0.2, 0.25) is 0 Å². The molecule has 23 nitrogen and oxygen atoms in total. The summed E-state index contributed by atoms with van der Waals surface area (Å²) in [6, 6.07) is 0. The fourth-order valence-corrected chi connectivity index (χ4v) is 16.6. The first-order chi connectivity index (χ1) is 33.5. The molecule has 12 N–H and O–H groups in total. The van der Waals surface area contributed by atoms with Gasteiger partial charge in [0.25, 0.3) is 0 Å². The number of hydrogen-bond donors (Lipinski definition) is 12. The molecule has 0 aromatic heterocycles. The van der Waals surface area contributed by atoms with Gasteiger partial charge < -0.3 is 89.3 Å². The molecule has 27 atom stereocenters. The Kier molecular flexibility index (Phi) is 14.4. The van der Waals surface area contributed by atoms with E-state index in [0.717, 1.165) is 0 Å². The zero-order valence-electron chi connectivity index (χ0n) is 41.5. The van der Waals surface area contributed by atoms with Crippen molar-refractivity contribution in [2.45, 2.75) is 203 Å².